The van der Waals surface area contributed by atoms with Crippen molar-refractivity contribution in [2.24, 2.45) is 5.41 Å². The number of rotatable bonds is 8. The highest BCUT2D eigenvalue weighted by Crippen LogP contribution is 2.66. The molecule has 6 nitrogen and oxygen atoms in total. The van der Waals surface area contributed by atoms with Crippen molar-refractivity contribution in [3.05, 3.63) is 76.9 Å². The molecule has 2 N–H and O–H groups in total. The number of methoxy groups -OCH3 is 1. The molecule has 1 saturated heterocycles. The molecule has 0 amide bonds. The molecule has 0 aromatic heterocycles. The van der Waals surface area contributed by atoms with Crippen molar-refractivity contribution >= 4 is 23.7 Å². The Morgan fingerprint density at radius 2 is 1.62 bits per heavy atom. The van der Waals surface area contributed by atoms with Crippen LogP contribution in [0.2, 0.25) is 0 Å². The molecule has 2 atom stereocenters. The van der Waals surface area contributed by atoms with Crippen LogP contribution in [-0.4, -0.2) is 40.1 Å². The maximum absolute atomic E-state index is 13.5. The topological polar surface area (TPSA) is 96.4 Å². The highest BCUT2D eigenvalue weighted by Gasteiger charge is 2.73. The molecule has 2 unspecified atom stereocenters. The molecule has 2 aliphatic rings. The number of epoxide rings is 1. The Morgan fingerprint density at radius 3 is 2.30 bits per heavy atom. The minimum atomic E-state index is -0.538. The lowest BCUT2D eigenvalue weighted by molar-refractivity contribution is -0.116. The van der Waals surface area contributed by atoms with Gasteiger partial charge in [0.1, 0.15) is 11.4 Å². The normalized spacial score (nSPS) is 24.7. The zero-order chi connectivity index (χ0) is 27.0. The van der Waals surface area contributed by atoms with Gasteiger partial charge in [-0.3, -0.25) is 9.59 Å². The molecular formula is C31H34O6. The lowest BCUT2D eigenvalue weighted by Crippen LogP contribution is -2.41. The highest BCUT2D eigenvalue weighted by molar-refractivity contribution is 6.30. The summed E-state index contributed by atoms with van der Waals surface area (Å²) in [6.07, 6.45) is 10.7. The standard InChI is InChI=1S/C31H34O6/c1-20-17-21(7-10-24(20)32)8-11-25(33)23(18-22-9-12-27(35)28(19-22)36-5)26(34)13-16-31-29(2,3)14-6-15-30(31,4)37-31/h7-13,16-19,32,35H,6,14-15H2,1-5H3/b11-8+,16-13+,23-18-. The van der Waals surface area contributed by atoms with Crippen molar-refractivity contribution in [2.75, 3.05) is 7.11 Å². The van der Waals surface area contributed by atoms with Crippen molar-refractivity contribution in [3.63, 3.8) is 0 Å². The van der Waals surface area contributed by atoms with Gasteiger partial charge in [0.15, 0.2) is 23.1 Å². The van der Waals surface area contributed by atoms with Crippen molar-refractivity contribution in [3.8, 4) is 17.2 Å². The molecule has 0 spiro atoms. The summed E-state index contributed by atoms with van der Waals surface area (Å²) >= 11 is 0. The van der Waals surface area contributed by atoms with Crippen LogP contribution >= 0.6 is 0 Å². The molecule has 2 aromatic rings. The van der Waals surface area contributed by atoms with Crippen molar-refractivity contribution in [1.82, 2.24) is 0 Å². The first kappa shape index (κ1) is 26.4. The van der Waals surface area contributed by atoms with E-state index < -0.39 is 17.2 Å². The fourth-order valence-electron chi connectivity index (χ4n) is 5.45. The first-order valence-electron chi connectivity index (χ1n) is 12.5. The van der Waals surface area contributed by atoms with Crippen LogP contribution < -0.4 is 4.74 Å². The number of aryl methyl sites for hydroxylation is 1. The third-order valence-corrected chi connectivity index (χ3v) is 7.75. The molecule has 37 heavy (non-hydrogen) atoms. The Kier molecular flexibility index (Phi) is 6.91. The molecule has 194 valence electrons. The van der Waals surface area contributed by atoms with Gasteiger partial charge < -0.3 is 19.7 Å². The van der Waals surface area contributed by atoms with Gasteiger partial charge in [0.05, 0.1) is 18.3 Å². The van der Waals surface area contributed by atoms with E-state index in [4.69, 9.17) is 9.47 Å². The minimum absolute atomic E-state index is 0.0249. The third kappa shape index (κ3) is 4.98. The molecule has 0 radical (unpaired) electrons. The van der Waals surface area contributed by atoms with Crippen LogP contribution in [0.5, 0.6) is 17.2 Å². The van der Waals surface area contributed by atoms with Crippen LogP contribution in [0.3, 0.4) is 0 Å². The zero-order valence-electron chi connectivity index (χ0n) is 22.0. The van der Waals surface area contributed by atoms with E-state index in [1.165, 1.54) is 31.4 Å². The number of fused-ring (bicyclic) bond motifs is 1. The number of carbonyl (C=O) groups excluding carboxylic acids is 2. The zero-order valence-corrected chi connectivity index (χ0v) is 22.0. The molecule has 0 bridgehead atoms. The fourth-order valence-corrected chi connectivity index (χ4v) is 5.45. The molecule has 1 aliphatic carbocycles. The Labute approximate surface area is 217 Å². The van der Waals surface area contributed by atoms with E-state index in [0.717, 1.165) is 24.8 Å². The number of allylic oxidation sites excluding steroid dienone is 3. The number of hydrogen-bond donors (Lipinski definition) is 2. The van der Waals surface area contributed by atoms with E-state index in [1.54, 1.807) is 43.3 Å². The predicted octanol–water partition coefficient (Wildman–Crippen LogP) is 5.94. The summed E-state index contributed by atoms with van der Waals surface area (Å²) in [5.74, 6) is -0.525. The lowest BCUT2D eigenvalue weighted by Gasteiger charge is -2.36. The lowest BCUT2D eigenvalue weighted by atomic mass is 9.64. The van der Waals surface area contributed by atoms with Crippen molar-refractivity contribution in [2.45, 2.75) is 58.2 Å². The van der Waals surface area contributed by atoms with Crippen LogP contribution in [0.4, 0.5) is 0 Å². The Morgan fingerprint density at radius 1 is 0.946 bits per heavy atom. The van der Waals surface area contributed by atoms with Crippen LogP contribution in [0, 0.1) is 12.3 Å². The van der Waals surface area contributed by atoms with E-state index in [0.29, 0.717) is 11.1 Å². The average Bonchev–Trinajstić information content (AvgIpc) is 3.49. The first-order chi connectivity index (χ1) is 17.4. The van der Waals surface area contributed by atoms with Gasteiger partial charge in [0.25, 0.3) is 0 Å². The quantitative estimate of drug-likeness (QED) is 0.201. The number of phenols is 2. The molecule has 2 aromatic carbocycles. The molecular weight excluding hydrogens is 468 g/mol. The largest absolute Gasteiger partial charge is 0.508 e. The first-order valence-corrected chi connectivity index (χ1v) is 12.5. The van der Waals surface area contributed by atoms with Gasteiger partial charge in [-0.15, -0.1) is 0 Å². The highest BCUT2D eigenvalue weighted by atomic mass is 16.6. The summed E-state index contributed by atoms with van der Waals surface area (Å²) in [7, 11) is 1.43. The monoisotopic (exact) mass is 502 g/mol. The molecule has 2 fully saturated rings. The fraction of sp³-hybridized carbons (Fsp3) is 0.355. The Hall–Kier alpha value is -3.64. The summed E-state index contributed by atoms with van der Waals surface area (Å²) in [5, 5.41) is 19.7. The summed E-state index contributed by atoms with van der Waals surface area (Å²) in [6.45, 7) is 8.15. The number of carbonyl (C=O) groups is 2. The molecule has 1 saturated carbocycles. The van der Waals surface area contributed by atoms with E-state index in [9.17, 15) is 19.8 Å². The second-order valence-corrected chi connectivity index (χ2v) is 10.7. The van der Waals surface area contributed by atoms with E-state index in [1.807, 2.05) is 6.08 Å². The summed E-state index contributed by atoms with van der Waals surface area (Å²) in [5.41, 5.74) is 0.944. The number of ether oxygens (including phenoxy) is 2. The van der Waals surface area contributed by atoms with Gasteiger partial charge >= 0.3 is 0 Å². The number of ketones is 2. The predicted molar refractivity (Wildman–Crippen MR) is 144 cm³/mol. The number of phenolic OH excluding ortho intramolecular Hbond substituents is 2. The maximum atomic E-state index is 13.5. The Bertz CT molecular complexity index is 1330. The number of benzene rings is 2. The number of hydrogen-bond acceptors (Lipinski definition) is 6. The summed E-state index contributed by atoms with van der Waals surface area (Å²) in [4.78, 5) is 26.8. The maximum Gasteiger partial charge on any atom is 0.189 e. The van der Waals surface area contributed by atoms with Crippen LogP contribution in [0.25, 0.3) is 12.2 Å². The minimum Gasteiger partial charge on any atom is -0.508 e. The van der Waals surface area contributed by atoms with E-state index >= 15 is 0 Å². The van der Waals surface area contributed by atoms with E-state index in [-0.39, 0.29) is 33.8 Å². The van der Waals surface area contributed by atoms with Gasteiger partial charge in [-0.05, 0) is 98.4 Å². The summed E-state index contributed by atoms with van der Waals surface area (Å²) in [6, 6.07) is 9.64. The Balaban J connectivity index is 1.68. The second kappa shape index (κ2) is 9.67. The summed E-state index contributed by atoms with van der Waals surface area (Å²) < 4.78 is 11.4. The van der Waals surface area contributed by atoms with Gasteiger partial charge in [0.2, 0.25) is 0 Å². The second-order valence-electron chi connectivity index (χ2n) is 10.7. The molecule has 4 rings (SSSR count). The van der Waals surface area contributed by atoms with Crippen molar-refractivity contribution in [1.29, 1.82) is 0 Å². The van der Waals surface area contributed by atoms with Gasteiger partial charge in [-0.25, -0.2) is 0 Å². The van der Waals surface area contributed by atoms with Crippen molar-refractivity contribution < 1.29 is 29.3 Å². The van der Waals surface area contributed by atoms with Gasteiger partial charge in [-0.2, -0.15) is 0 Å². The van der Waals surface area contributed by atoms with Gasteiger partial charge in [0, 0.05) is 5.41 Å². The average molecular weight is 503 g/mol. The van der Waals surface area contributed by atoms with E-state index in [2.05, 4.69) is 20.8 Å². The smallest absolute Gasteiger partial charge is 0.189 e. The molecule has 6 heteroatoms. The SMILES string of the molecule is COc1cc(/C=C(/C(=O)/C=C/c2ccc(O)c(C)c2)C(=O)/C=C/C23OC2(C)CCCC3(C)C)ccc1O. The van der Waals surface area contributed by atoms with Gasteiger partial charge in [-0.1, -0.05) is 32.1 Å². The molecule has 1 heterocycles. The van der Waals surface area contributed by atoms with Crippen LogP contribution in [-0.2, 0) is 14.3 Å². The molecule has 1 aliphatic heterocycles. The van der Waals surface area contributed by atoms with Crippen LogP contribution in [0.1, 0.15) is 56.7 Å². The van der Waals surface area contributed by atoms with Crippen LogP contribution in [0.15, 0.2) is 60.2 Å². The number of aromatic hydroxyl groups is 2. The third-order valence-electron chi connectivity index (χ3n) is 7.75.